The second kappa shape index (κ2) is 8.29. The molecule has 0 unspecified atom stereocenters. The summed E-state index contributed by atoms with van der Waals surface area (Å²) < 4.78 is 2.33. The van der Waals surface area contributed by atoms with E-state index in [0.717, 1.165) is 0 Å². The molecule has 0 fully saturated rings. The minimum absolute atomic E-state index is 1.20. The highest BCUT2D eigenvalue weighted by Gasteiger charge is 2.17. The van der Waals surface area contributed by atoms with Gasteiger partial charge in [-0.1, -0.05) is 82.3 Å². The van der Waals surface area contributed by atoms with E-state index in [1.807, 2.05) is 27.7 Å². The van der Waals surface area contributed by atoms with Gasteiger partial charge >= 0.3 is 0 Å². The highest BCUT2D eigenvalue weighted by Crippen LogP contribution is 2.41. The van der Waals surface area contributed by atoms with Crippen molar-refractivity contribution in [3.8, 4) is 0 Å². The molecule has 0 bridgehead atoms. The molecule has 2 aromatic heterocycles. The lowest BCUT2D eigenvalue weighted by atomic mass is 9.99. The summed E-state index contributed by atoms with van der Waals surface area (Å²) in [6.45, 7) is 8.00. The van der Waals surface area contributed by atoms with Crippen LogP contribution in [0.15, 0.2) is 84.9 Å². The molecule has 5 aromatic carbocycles. The molecule has 0 saturated carbocycles. The Morgan fingerprint density at radius 1 is 0.515 bits per heavy atom. The first kappa shape index (κ1) is 21.1. The zero-order chi connectivity index (χ0) is 23.1. The summed E-state index contributed by atoms with van der Waals surface area (Å²) >= 11 is 0. The molecule has 0 aliphatic carbocycles. The van der Waals surface area contributed by atoms with Gasteiger partial charge in [0.15, 0.2) is 0 Å². The van der Waals surface area contributed by atoms with Crippen molar-refractivity contribution in [3.05, 3.63) is 84.9 Å². The highest BCUT2D eigenvalue weighted by atomic mass is 14.9. The molecule has 0 saturated heterocycles. The Labute approximate surface area is 194 Å². The van der Waals surface area contributed by atoms with Crippen molar-refractivity contribution < 1.29 is 0 Å². The summed E-state index contributed by atoms with van der Waals surface area (Å²) in [5, 5.41) is 10.5. The standard InChI is InChI=1S/C27H18N2.2C2H6/c1-29-23-13-12-22-27(25-19-9-5-4-6-16(19)10-11-21(25)28-22)26(23)20-14-17-7-2-3-8-18(17)15-24(20)29;2*1-2/h2-15,28H,1H3;2*1-2H3. The van der Waals surface area contributed by atoms with Gasteiger partial charge in [0.25, 0.3) is 0 Å². The van der Waals surface area contributed by atoms with Gasteiger partial charge in [0, 0.05) is 50.7 Å². The van der Waals surface area contributed by atoms with Crippen molar-refractivity contribution in [3.63, 3.8) is 0 Å². The number of hydrogen-bond donors (Lipinski definition) is 1. The average molecular weight is 431 g/mol. The van der Waals surface area contributed by atoms with Gasteiger partial charge in [-0.25, -0.2) is 0 Å². The van der Waals surface area contributed by atoms with Crippen molar-refractivity contribution in [1.82, 2.24) is 9.55 Å². The number of fused-ring (bicyclic) bond motifs is 10. The molecule has 2 heteroatoms. The predicted octanol–water partition coefficient (Wildman–Crippen LogP) is 9.32. The van der Waals surface area contributed by atoms with Gasteiger partial charge in [0.2, 0.25) is 0 Å². The van der Waals surface area contributed by atoms with E-state index < -0.39 is 0 Å². The van der Waals surface area contributed by atoms with Crippen LogP contribution >= 0.6 is 0 Å². The smallest absolute Gasteiger partial charge is 0.0496 e. The molecule has 7 aromatic rings. The van der Waals surface area contributed by atoms with Crippen LogP contribution in [0.2, 0.25) is 0 Å². The molecule has 0 atom stereocenters. The van der Waals surface area contributed by atoms with E-state index in [1.54, 1.807) is 0 Å². The Balaban J connectivity index is 0.000000544. The van der Waals surface area contributed by atoms with Gasteiger partial charge in [0.05, 0.1) is 0 Å². The number of nitrogens with zero attached hydrogens (tertiary/aromatic N) is 1. The van der Waals surface area contributed by atoms with E-state index >= 15 is 0 Å². The van der Waals surface area contributed by atoms with E-state index in [-0.39, 0.29) is 0 Å². The molecule has 164 valence electrons. The van der Waals surface area contributed by atoms with Gasteiger partial charge in [-0.2, -0.15) is 0 Å². The van der Waals surface area contributed by atoms with E-state index in [0.29, 0.717) is 0 Å². The lowest BCUT2D eigenvalue weighted by molar-refractivity contribution is 1.02. The summed E-state index contributed by atoms with van der Waals surface area (Å²) in [4.78, 5) is 3.66. The maximum absolute atomic E-state index is 3.66. The number of nitrogens with one attached hydrogen (secondary N) is 1. The SMILES string of the molecule is CC.CC.Cn1c2cc3ccccc3cc2c2c3c(ccc21)[nH]c1ccc2ccccc2c13. The molecule has 7 rings (SSSR count). The maximum atomic E-state index is 3.66. The summed E-state index contributed by atoms with van der Waals surface area (Å²) in [5.74, 6) is 0. The van der Waals surface area contributed by atoms with Gasteiger partial charge in [-0.3, -0.25) is 0 Å². The third kappa shape index (κ3) is 3.01. The summed E-state index contributed by atoms with van der Waals surface area (Å²) in [6.07, 6.45) is 0. The molecule has 0 spiro atoms. The van der Waals surface area contributed by atoms with Crippen LogP contribution < -0.4 is 0 Å². The van der Waals surface area contributed by atoms with Crippen molar-refractivity contribution in [2.75, 3.05) is 0 Å². The zero-order valence-electron chi connectivity index (χ0n) is 20.0. The Morgan fingerprint density at radius 3 is 1.88 bits per heavy atom. The minimum atomic E-state index is 1.20. The average Bonchev–Trinajstić information content (AvgIpc) is 3.40. The minimum Gasteiger partial charge on any atom is -0.354 e. The third-order valence-electron chi connectivity index (χ3n) is 6.49. The quantitative estimate of drug-likeness (QED) is 0.247. The molecule has 1 N–H and O–H groups in total. The molecular formula is C31H30N2. The fraction of sp³-hybridized carbons (Fsp3) is 0.161. The van der Waals surface area contributed by atoms with Crippen LogP contribution in [0.4, 0.5) is 0 Å². The molecule has 0 aliphatic heterocycles. The number of hydrogen-bond acceptors (Lipinski definition) is 0. The fourth-order valence-electron chi connectivity index (χ4n) is 5.13. The topological polar surface area (TPSA) is 20.7 Å². The lowest BCUT2D eigenvalue weighted by Crippen LogP contribution is -1.86. The fourth-order valence-corrected chi connectivity index (χ4v) is 5.13. The largest absolute Gasteiger partial charge is 0.354 e. The first-order valence-corrected chi connectivity index (χ1v) is 12.0. The Kier molecular flexibility index (Phi) is 5.30. The molecule has 33 heavy (non-hydrogen) atoms. The van der Waals surface area contributed by atoms with Crippen LogP contribution in [0.5, 0.6) is 0 Å². The van der Waals surface area contributed by atoms with Crippen LogP contribution in [-0.4, -0.2) is 9.55 Å². The molecule has 0 aliphatic rings. The molecule has 0 radical (unpaired) electrons. The first-order chi connectivity index (χ1) is 16.3. The molecule has 0 amide bonds. The van der Waals surface area contributed by atoms with Gasteiger partial charge in [0.1, 0.15) is 0 Å². The van der Waals surface area contributed by atoms with E-state index in [4.69, 9.17) is 0 Å². The second-order valence-electron chi connectivity index (χ2n) is 7.99. The Hall–Kier alpha value is -3.78. The van der Waals surface area contributed by atoms with Gasteiger partial charge < -0.3 is 9.55 Å². The summed E-state index contributed by atoms with van der Waals surface area (Å²) in [5.41, 5.74) is 4.95. The summed E-state index contributed by atoms with van der Waals surface area (Å²) in [7, 11) is 2.18. The van der Waals surface area contributed by atoms with E-state index in [2.05, 4.69) is 102 Å². The molecular weight excluding hydrogens is 400 g/mol. The van der Waals surface area contributed by atoms with E-state index in [9.17, 15) is 0 Å². The normalized spacial score (nSPS) is 11.2. The molecule has 2 nitrogen and oxygen atoms in total. The van der Waals surface area contributed by atoms with E-state index in [1.165, 1.54) is 65.2 Å². The number of aryl methyl sites for hydroxylation is 1. The third-order valence-corrected chi connectivity index (χ3v) is 6.49. The maximum Gasteiger partial charge on any atom is 0.0496 e. The van der Waals surface area contributed by atoms with Crippen LogP contribution in [0, 0.1) is 0 Å². The first-order valence-electron chi connectivity index (χ1n) is 12.0. The van der Waals surface area contributed by atoms with Crippen molar-refractivity contribution >= 4 is 65.2 Å². The number of benzene rings is 5. The number of aromatic amines is 1. The highest BCUT2D eigenvalue weighted by molar-refractivity contribution is 6.32. The van der Waals surface area contributed by atoms with Gasteiger partial charge in [-0.05, 0) is 51.9 Å². The summed E-state index contributed by atoms with van der Waals surface area (Å²) in [6, 6.07) is 30.9. The monoisotopic (exact) mass is 430 g/mol. The number of H-pyrrole nitrogens is 1. The van der Waals surface area contributed by atoms with Crippen LogP contribution in [0.25, 0.3) is 65.2 Å². The predicted molar refractivity (Wildman–Crippen MR) is 147 cm³/mol. The van der Waals surface area contributed by atoms with Crippen LogP contribution in [0.3, 0.4) is 0 Å². The van der Waals surface area contributed by atoms with Gasteiger partial charge in [-0.15, -0.1) is 0 Å². The second-order valence-corrected chi connectivity index (χ2v) is 7.99. The number of aromatic nitrogens is 2. The van der Waals surface area contributed by atoms with Crippen LogP contribution in [-0.2, 0) is 7.05 Å². The Bertz CT molecular complexity index is 1760. The lowest BCUT2D eigenvalue weighted by Gasteiger charge is -2.02. The van der Waals surface area contributed by atoms with Crippen molar-refractivity contribution in [1.29, 1.82) is 0 Å². The number of rotatable bonds is 0. The molecule has 2 heterocycles. The van der Waals surface area contributed by atoms with Crippen molar-refractivity contribution in [2.24, 2.45) is 7.05 Å². The van der Waals surface area contributed by atoms with Crippen LogP contribution in [0.1, 0.15) is 27.7 Å². The zero-order valence-corrected chi connectivity index (χ0v) is 20.0. The Morgan fingerprint density at radius 2 is 1.12 bits per heavy atom. The van der Waals surface area contributed by atoms with Crippen molar-refractivity contribution in [2.45, 2.75) is 27.7 Å².